The number of rotatable bonds is 5. The molecule has 1 heterocycles. The molecule has 1 unspecified atom stereocenters. The van der Waals surface area contributed by atoms with E-state index >= 15 is 0 Å². The van der Waals surface area contributed by atoms with Gasteiger partial charge in [0.25, 0.3) is 0 Å². The highest BCUT2D eigenvalue weighted by Gasteiger charge is 2.16. The molecule has 1 aromatic rings. The number of hydrogen-bond acceptors (Lipinski definition) is 2. The van der Waals surface area contributed by atoms with Crippen molar-refractivity contribution in [2.45, 2.75) is 32.2 Å². The van der Waals surface area contributed by atoms with Crippen LogP contribution in [0, 0.1) is 0 Å². The molecular weight excluding hydrogens is 246 g/mol. The number of likely N-dealkylation sites (N-methyl/N-ethyl adjacent to an activating group) is 1. The first kappa shape index (κ1) is 13.4. The maximum atomic E-state index is 5.91. The van der Waals surface area contributed by atoms with Gasteiger partial charge in [0.05, 0.1) is 12.9 Å². The van der Waals surface area contributed by atoms with Crippen molar-refractivity contribution in [2.24, 2.45) is 0 Å². The highest BCUT2D eigenvalue weighted by molar-refractivity contribution is 6.30. The molecule has 2 rings (SSSR count). The molecule has 1 N–H and O–H groups in total. The fourth-order valence-electron chi connectivity index (χ4n) is 2.28. The summed E-state index contributed by atoms with van der Waals surface area (Å²) in [5.41, 5.74) is 2.68. The molecule has 0 saturated carbocycles. The lowest BCUT2D eigenvalue weighted by atomic mass is 9.95. The summed E-state index contributed by atoms with van der Waals surface area (Å²) < 4.78 is 5.44. The third-order valence-corrected chi connectivity index (χ3v) is 3.47. The molecular formula is C15H20ClNO. The van der Waals surface area contributed by atoms with Crippen molar-refractivity contribution in [2.75, 3.05) is 13.2 Å². The predicted molar refractivity (Wildman–Crippen MR) is 75.9 cm³/mol. The molecule has 1 aromatic carbocycles. The van der Waals surface area contributed by atoms with E-state index in [0.717, 1.165) is 37.4 Å². The number of halogens is 1. The van der Waals surface area contributed by atoms with Crippen molar-refractivity contribution in [3.63, 3.8) is 0 Å². The third kappa shape index (κ3) is 3.76. The molecule has 0 amide bonds. The molecule has 1 aliphatic rings. The minimum absolute atomic E-state index is 0.372. The van der Waals surface area contributed by atoms with Crippen LogP contribution in [0.15, 0.2) is 36.1 Å². The molecule has 98 valence electrons. The summed E-state index contributed by atoms with van der Waals surface area (Å²) in [6.07, 6.45) is 5.17. The Labute approximate surface area is 114 Å². The van der Waals surface area contributed by atoms with E-state index in [0.29, 0.717) is 6.04 Å². The average Bonchev–Trinajstić information content (AvgIpc) is 2.42. The van der Waals surface area contributed by atoms with E-state index in [2.05, 4.69) is 24.4 Å². The molecule has 18 heavy (non-hydrogen) atoms. The summed E-state index contributed by atoms with van der Waals surface area (Å²) in [5, 5.41) is 4.32. The second-order valence-electron chi connectivity index (χ2n) is 4.61. The Kier molecular flexibility index (Phi) is 5.09. The zero-order chi connectivity index (χ0) is 12.8. The van der Waals surface area contributed by atoms with Crippen LogP contribution in [0.2, 0.25) is 5.02 Å². The Morgan fingerprint density at radius 3 is 2.72 bits per heavy atom. The molecule has 1 atom stereocenters. The van der Waals surface area contributed by atoms with Gasteiger partial charge < -0.3 is 10.1 Å². The molecule has 0 aromatic heterocycles. The predicted octanol–water partition coefficient (Wildman–Crippen LogP) is 3.55. The molecule has 0 radical (unpaired) electrons. The van der Waals surface area contributed by atoms with Crippen LogP contribution in [-0.2, 0) is 11.2 Å². The lowest BCUT2D eigenvalue weighted by Gasteiger charge is -2.24. The van der Waals surface area contributed by atoms with E-state index in [1.165, 1.54) is 11.1 Å². The van der Waals surface area contributed by atoms with Gasteiger partial charge in [-0.25, -0.2) is 0 Å². The summed E-state index contributed by atoms with van der Waals surface area (Å²) in [5.74, 6) is 0. The van der Waals surface area contributed by atoms with Gasteiger partial charge >= 0.3 is 0 Å². The van der Waals surface area contributed by atoms with E-state index in [-0.39, 0.29) is 0 Å². The Morgan fingerprint density at radius 1 is 1.33 bits per heavy atom. The number of ether oxygens (including phenoxy) is 1. The lowest BCUT2D eigenvalue weighted by Crippen LogP contribution is -2.33. The first-order valence-corrected chi connectivity index (χ1v) is 6.95. The van der Waals surface area contributed by atoms with Crippen molar-refractivity contribution in [3.05, 3.63) is 46.7 Å². The Bertz CT molecular complexity index is 399. The van der Waals surface area contributed by atoms with Crippen molar-refractivity contribution in [1.82, 2.24) is 5.32 Å². The van der Waals surface area contributed by atoms with Gasteiger partial charge in [-0.05, 0) is 49.1 Å². The van der Waals surface area contributed by atoms with Crippen molar-refractivity contribution in [1.29, 1.82) is 0 Å². The molecule has 0 fully saturated rings. The summed E-state index contributed by atoms with van der Waals surface area (Å²) in [4.78, 5) is 0. The van der Waals surface area contributed by atoms with Gasteiger partial charge in [-0.2, -0.15) is 0 Å². The first-order chi connectivity index (χ1) is 8.79. The van der Waals surface area contributed by atoms with E-state index in [1.807, 2.05) is 18.4 Å². The second-order valence-corrected chi connectivity index (χ2v) is 5.04. The molecule has 0 aliphatic carbocycles. The largest absolute Gasteiger partial charge is 0.501 e. The van der Waals surface area contributed by atoms with E-state index < -0.39 is 0 Å². The van der Waals surface area contributed by atoms with Crippen molar-refractivity contribution >= 4 is 11.6 Å². The molecule has 3 heteroatoms. The quantitative estimate of drug-likeness (QED) is 0.879. The van der Waals surface area contributed by atoms with Gasteiger partial charge in [0.15, 0.2) is 0 Å². The standard InChI is InChI=1S/C15H20ClNO/c1-2-17-15(13-4-3-9-18-11-13)10-12-5-7-14(16)8-6-12/h5-8,11,15,17H,2-4,9-10H2,1H3. The minimum Gasteiger partial charge on any atom is -0.501 e. The maximum absolute atomic E-state index is 5.91. The van der Waals surface area contributed by atoms with Gasteiger partial charge in [0.1, 0.15) is 0 Å². The molecule has 0 spiro atoms. The Balaban J connectivity index is 2.05. The summed E-state index contributed by atoms with van der Waals surface area (Å²) in [6.45, 7) is 3.96. The van der Waals surface area contributed by atoms with Crippen LogP contribution in [0.3, 0.4) is 0 Å². The molecule has 2 nitrogen and oxygen atoms in total. The highest BCUT2D eigenvalue weighted by Crippen LogP contribution is 2.20. The summed E-state index contributed by atoms with van der Waals surface area (Å²) in [6, 6.07) is 8.46. The van der Waals surface area contributed by atoms with Crippen LogP contribution < -0.4 is 5.32 Å². The smallest absolute Gasteiger partial charge is 0.0876 e. The maximum Gasteiger partial charge on any atom is 0.0876 e. The SMILES string of the molecule is CCNC(Cc1ccc(Cl)cc1)C1=COCCC1. The Hall–Kier alpha value is -0.990. The molecule has 1 aliphatic heterocycles. The van der Waals surface area contributed by atoms with Crippen molar-refractivity contribution < 1.29 is 4.74 Å². The van der Waals surface area contributed by atoms with Gasteiger partial charge in [-0.1, -0.05) is 30.7 Å². The fourth-order valence-corrected chi connectivity index (χ4v) is 2.40. The van der Waals surface area contributed by atoms with Crippen LogP contribution in [0.1, 0.15) is 25.3 Å². The molecule has 0 saturated heterocycles. The fraction of sp³-hybridized carbons (Fsp3) is 0.467. The zero-order valence-electron chi connectivity index (χ0n) is 10.8. The first-order valence-electron chi connectivity index (χ1n) is 6.58. The zero-order valence-corrected chi connectivity index (χ0v) is 11.5. The number of benzene rings is 1. The third-order valence-electron chi connectivity index (χ3n) is 3.21. The molecule has 0 bridgehead atoms. The normalized spacial score (nSPS) is 16.9. The van der Waals surface area contributed by atoms with Crippen LogP contribution in [0.4, 0.5) is 0 Å². The number of nitrogens with one attached hydrogen (secondary N) is 1. The van der Waals surface area contributed by atoms with Gasteiger partial charge in [0, 0.05) is 11.1 Å². The average molecular weight is 266 g/mol. The van der Waals surface area contributed by atoms with Crippen LogP contribution in [0.5, 0.6) is 0 Å². The van der Waals surface area contributed by atoms with Crippen LogP contribution in [-0.4, -0.2) is 19.2 Å². The summed E-state index contributed by atoms with van der Waals surface area (Å²) in [7, 11) is 0. The Morgan fingerprint density at radius 2 is 2.11 bits per heavy atom. The van der Waals surface area contributed by atoms with E-state index in [1.54, 1.807) is 0 Å². The van der Waals surface area contributed by atoms with Gasteiger partial charge in [0.2, 0.25) is 0 Å². The lowest BCUT2D eigenvalue weighted by molar-refractivity contribution is 0.219. The van der Waals surface area contributed by atoms with E-state index in [9.17, 15) is 0 Å². The van der Waals surface area contributed by atoms with Crippen LogP contribution >= 0.6 is 11.6 Å². The van der Waals surface area contributed by atoms with Crippen molar-refractivity contribution in [3.8, 4) is 0 Å². The summed E-state index contributed by atoms with van der Waals surface area (Å²) >= 11 is 5.91. The highest BCUT2D eigenvalue weighted by atomic mass is 35.5. The van der Waals surface area contributed by atoms with Gasteiger partial charge in [-0.3, -0.25) is 0 Å². The second kappa shape index (κ2) is 6.81. The number of hydrogen-bond donors (Lipinski definition) is 1. The minimum atomic E-state index is 0.372. The van der Waals surface area contributed by atoms with Gasteiger partial charge in [-0.15, -0.1) is 0 Å². The monoisotopic (exact) mass is 265 g/mol. The van der Waals surface area contributed by atoms with Crippen LogP contribution in [0.25, 0.3) is 0 Å². The topological polar surface area (TPSA) is 21.3 Å². The van der Waals surface area contributed by atoms with E-state index in [4.69, 9.17) is 16.3 Å².